The number of aliphatic hydroxyl groups is 1. The van der Waals surface area contributed by atoms with Gasteiger partial charge in [0.25, 0.3) is 0 Å². The van der Waals surface area contributed by atoms with Crippen molar-refractivity contribution in [3.63, 3.8) is 0 Å². The van der Waals surface area contributed by atoms with E-state index in [9.17, 15) is 5.11 Å². The first-order valence-electron chi connectivity index (χ1n) is 5.34. The van der Waals surface area contributed by atoms with Gasteiger partial charge in [0.15, 0.2) is 0 Å². The van der Waals surface area contributed by atoms with Gasteiger partial charge in [0.05, 0.1) is 0 Å². The van der Waals surface area contributed by atoms with E-state index < -0.39 is 6.10 Å². The van der Waals surface area contributed by atoms with E-state index in [4.69, 9.17) is 4.74 Å². The van der Waals surface area contributed by atoms with E-state index in [0.717, 1.165) is 17.7 Å². The molecule has 80 valence electrons. The van der Waals surface area contributed by atoms with E-state index in [1.54, 1.807) is 0 Å². The van der Waals surface area contributed by atoms with Gasteiger partial charge >= 0.3 is 0 Å². The van der Waals surface area contributed by atoms with Crippen LogP contribution in [0.1, 0.15) is 37.5 Å². The zero-order chi connectivity index (χ0) is 10.8. The predicted molar refractivity (Wildman–Crippen MR) is 60.8 cm³/mol. The zero-order valence-corrected chi connectivity index (χ0v) is 9.16. The van der Waals surface area contributed by atoms with Gasteiger partial charge in [0, 0.05) is 5.56 Å². The summed E-state index contributed by atoms with van der Waals surface area (Å²) in [7, 11) is 0. The minimum Gasteiger partial charge on any atom is -0.490 e. The van der Waals surface area contributed by atoms with E-state index in [-0.39, 0.29) is 0 Å². The van der Waals surface area contributed by atoms with E-state index in [2.05, 4.69) is 19.9 Å². The number of ether oxygens (including phenoxy) is 1. The molecule has 1 aromatic rings. The standard InChI is InChI=1S/C13H16O2/c1-3-4-9(2)10-5-6-13-11(7-10)12(14)8-15-13/h4-7,12,14H,3,8H2,1-2H3. The molecule has 1 aliphatic heterocycles. The molecule has 1 heterocycles. The lowest BCUT2D eigenvalue weighted by Gasteiger charge is -2.05. The number of rotatable bonds is 2. The molecule has 0 radical (unpaired) electrons. The number of hydrogen-bond donors (Lipinski definition) is 1. The summed E-state index contributed by atoms with van der Waals surface area (Å²) in [6.07, 6.45) is 2.75. The molecular formula is C13H16O2. The third-order valence-electron chi connectivity index (χ3n) is 2.73. The molecule has 2 rings (SSSR count). The Labute approximate surface area is 90.2 Å². The normalized spacial score (nSPS) is 19.9. The molecule has 0 aliphatic carbocycles. The lowest BCUT2D eigenvalue weighted by molar-refractivity contribution is 0.140. The quantitative estimate of drug-likeness (QED) is 0.802. The molecule has 1 aromatic carbocycles. The van der Waals surface area contributed by atoms with Gasteiger partial charge in [0.1, 0.15) is 18.5 Å². The first kappa shape index (κ1) is 10.2. The summed E-state index contributed by atoms with van der Waals surface area (Å²) >= 11 is 0. The van der Waals surface area contributed by atoms with Crippen LogP contribution in [-0.2, 0) is 0 Å². The van der Waals surface area contributed by atoms with Crippen molar-refractivity contribution in [1.29, 1.82) is 0 Å². The largest absolute Gasteiger partial charge is 0.490 e. The molecule has 1 atom stereocenters. The number of aliphatic hydroxyl groups excluding tert-OH is 1. The lowest BCUT2D eigenvalue weighted by atomic mass is 10.0. The van der Waals surface area contributed by atoms with Crippen molar-refractivity contribution in [2.75, 3.05) is 6.61 Å². The first-order chi connectivity index (χ1) is 7.22. The van der Waals surface area contributed by atoms with Crippen molar-refractivity contribution in [3.05, 3.63) is 35.4 Å². The van der Waals surface area contributed by atoms with Gasteiger partial charge in [-0.05, 0) is 36.6 Å². The van der Waals surface area contributed by atoms with Gasteiger partial charge in [-0.1, -0.05) is 19.1 Å². The summed E-state index contributed by atoms with van der Waals surface area (Å²) in [5.74, 6) is 0.815. The minimum atomic E-state index is -0.464. The second-order valence-electron chi connectivity index (χ2n) is 3.87. The van der Waals surface area contributed by atoms with Gasteiger partial charge in [-0.2, -0.15) is 0 Å². The molecule has 2 heteroatoms. The molecule has 0 aromatic heterocycles. The Morgan fingerprint density at radius 1 is 1.60 bits per heavy atom. The fraction of sp³-hybridized carbons (Fsp3) is 0.385. The third-order valence-corrected chi connectivity index (χ3v) is 2.73. The highest BCUT2D eigenvalue weighted by molar-refractivity contribution is 5.65. The van der Waals surface area contributed by atoms with E-state index >= 15 is 0 Å². The van der Waals surface area contributed by atoms with Crippen molar-refractivity contribution in [2.45, 2.75) is 26.4 Å². The molecule has 1 aliphatic rings. The molecule has 0 bridgehead atoms. The Morgan fingerprint density at radius 3 is 3.13 bits per heavy atom. The summed E-state index contributed by atoms with van der Waals surface area (Å²) in [5, 5.41) is 9.67. The molecule has 0 amide bonds. The topological polar surface area (TPSA) is 29.5 Å². The van der Waals surface area contributed by atoms with Crippen molar-refractivity contribution in [1.82, 2.24) is 0 Å². The average Bonchev–Trinajstić information content (AvgIpc) is 2.60. The van der Waals surface area contributed by atoms with Gasteiger partial charge in [-0.15, -0.1) is 0 Å². The van der Waals surface area contributed by atoms with Crippen LogP contribution in [-0.4, -0.2) is 11.7 Å². The Morgan fingerprint density at radius 2 is 2.40 bits per heavy atom. The van der Waals surface area contributed by atoms with E-state index in [1.807, 2.05) is 18.2 Å². The maximum atomic E-state index is 9.67. The van der Waals surface area contributed by atoms with Crippen LogP contribution >= 0.6 is 0 Å². The molecule has 15 heavy (non-hydrogen) atoms. The van der Waals surface area contributed by atoms with E-state index in [1.165, 1.54) is 11.1 Å². The van der Waals surface area contributed by atoms with Crippen LogP contribution in [0.4, 0.5) is 0 Å². The van der Waals surface area contributed by atoms with Crippen LogP contribution < -0.4 is 4.74 Å². The summed E-state index contributed by atoms with van der Waals surface area (Å²) in [6, 6.07) is 6.00. The Bertz CT molecular complexity index is 394. The van der Waals surface area contributed by atoms with Gasteiger partial charge in [-0.3, -0.25) is 0 Å². The monoisotopic (exact) mass is 204 g/mol. The molecule has 0 saturated heterocycles. The van der Waals surface area contributed by atoms with Crippen molar-refractivity contribution >= 4 is 5.57 Å². The SMILES string of the molecule is CCC=C(C)c1ccc2c(c1)C(O)CO2. The summed E-state index contributed by atoms with van der Waals surface area (Å²) in [5.41, 5.74) is 3.33. The fourth-order valence-corrected chi connectivity index (χ4v) is 1.87. The number of benzene rings is 1. The maximum absolute atomic E-state index is 9.67. The van der Waals surface area contributed by atoms with Crippen molar-refractivity contribution in [2.24, 2.45) is 0 Å². The predicted octanol–water partition coefficient (Wildman–Crippen LogP) is 2.93. The van der Waals surface area contributed by atoms with Gasteiger partial charge in [0.2, 0.25) is 0 Å². The molecule has 1 unspecified atom stereocenters. The smallest absolute Gasteiger partial charge is 0.125 e. The fourth-order valence-electron chi connectivity index (χ4n) is 1.87. The van der Waals surface area contributed by atoms with Gasteiger partial charge in [-0.25, -0.2) is 0 Å². The highest BCUT2D eigenvalue weighted by atomic mass is 16.5. The zero-order valence-electron chi connectivity index (χ0n) is 9.16. The van der Waals surface area contributed by atoms with Crippen LogP contribution in [0.15, 0.2) is 24.3 Å². The second-order valence-corrected chi connectivity index (χ2v) is 3.87. The van der Waals surface area contributed by atoms with E-state index in [0.29, 0.717) is 6.61 Å². The van der Waals surface area contributed by atoms with Crippen LogP contribution in [0.2, 0.25) is 0 Å². The summed E-state index contributed by atoms with van der Waals surface area (Å²) < 4.78 is 5.34. The molecule has 0 fully saturated rings. The molecule has 0 saturated carbocycles. The number of fused-ring (bicyclic) bond motifs is 1. The van der Waals surface area contributed by atoms with Crippen LogP contribution in [0.25, 0.3) is 5.57 Å². The summed E-state index contributed by atoms with van der Waals surface area (Å²) in [4.78, 5) is 0. The molecule has 0 spiro atoms. The highest BCUT2D eigenvalue weighted by Crippen LogP contribution is 2.34. The maximum Gasteiger partial charge on any atom is 0.125 e. The molecule has 1 N–H and O–H groups in total. The van der Waals surface area contributed by atoms with Crippen LogP contribution in [0, 0.1) is 0 Å². The first-order valence-corrected chi connectivity index (χ1v) is 5.34. The van der Waals surface area contributed by atoms with Crippen molar-refractivity contribution in [3.8, 4) is 5.75 Å². The third kappa shape index (κ3) is 1.90. The van der Waals surface area contributed by atoms with Crippen molar-refractivity contribution < 1.29 is 9.84 Å². The Hall–Kier alpha value is -1.28. The number of hydrogen-bond acceptors (Lipinski definition) is 2. The summed E-state index contributed by atoms with van der Waals surface area (Å²) in [6.45, 7) is 4.59. The molecular weight excluding hydrogens is 188 g/mol. The number of allylic oxidation sites excluding steroid dienone is 2. The lowest BCUT2D eigenvalue weighted by Crippen LogP contribution is -1.97. The second kappa shape index (κ2) is 4.07. The van der Waals surface area contributed by atoms with Gasteiger partial charge < -0.3 is 9.84 Å². The minimum absolute atomic E-state index is 0.384. The highest BCUT2D eigenvalue weighted by Gasteiger charge is 2.21. The Balaban J connectivity index is 2.37. The molecule has 2 nitrogen and oxygen atoms in total. The van der Waals surface area contributed by atoms with Crippen LogP contribution in [0.3, 0.4) is 0 Å². The Kier molecular flexibility index (Phi) is 2.78. The average molecular weight is 204 g/mol. The van der Waals surface area contributed by atoms with Crippen LogP contribution in [0.5, 0.6) is 5.75 Å².